The van der Waals surface area contributed by atoms with E-state index in [-0.39, 0.29) is 28.7 Å². The van der Waals surface area contributed by atoms with E-state index in [4.69, 9.17) is 0 Å². The molecule has 1 aromatic carbocycles. The number of amidine groups is 1. The standard InChI is InChI=1S/C13H12FN3O2S.BrH/c1-15-13-17(2)12(19)10(20-13)7-11(18)16-9-5-3-8(14)4-6-9;/h3-7H,1-2H3,(H,16,18);1H/b10-7-,15-13?;. The number of nitrogens with one attached hydrogen (secondary N) is 1. The largest absolute Gasteiger partial charge is 0.322 e. The molecule has 1 aromatic rings. The first-order chi connectivity index (χ1) is 9.51. The zero-order valence-corrected chi connectivity index (χ0v) is 13.8. The lowest BCUT2D eigenvalue weighted by atomic mass is 10.3. The molecule has 112 valence electrons. The summed E-state index contributed by atoms with van der Waals surface area (Å²) in [5.41, 5.74) is 0.460. The minimum Gasteiger partial charge on any atom is -0.322 e. The number of benzene rings is 1. The van der Waals surface area contributed by atoms with Gasteiger partial charge in [-0.2, -0.15) is 0 Å². The van der Waals surface area contributed by atoms with Crippen LogP contribution in [0.4, 0.5) is 10.1 Å². The van der Waals surface area contributed by atoms with E-state index in [1.165, 1.54) is 35.2 Å². The number of carbonyl (C=O) groups is 2. The van der Waals surface area contributed by atoms with Crippen molar-refractivity contribution in [2.75, 3.05) is 19.4 Å². The molecule has 1 aliphatic rings. The molecule has 2 amide bonds. The van der Waals surface area contributed by atoms with Gasteiger partial charge in [-0.25, -0.2) is 4.39 Å². The number of nitrogens with zero attached hydrogens (tertiary/aromatic N) is 2. The molecule has 0 unspecified atom stereocenters. The van der Waals surface area contributed by atoms with E-state index in [0.29, 0.717) is 15.8 Å². The number of likely N-dealkylation sites (N-methyl/N-ethyl adjacent to an activating group) is 1. The SMILES string of the molecule is Br.CN=C1S/C(=C\C(=O)Nc2ccc(F)cc2)C(=O)N1C. The Bertz CT molecular complexity index is 616. The molecule has 0 bridgehead atoms. The maximum absolute atomic E-state index is 12.7. The lowest BCUT2D eigenvalue weighted by Gasteiger charge is -2.05. The van der Waals surface area contributed by atoms with Gasteiger partial charge in [0.25, 0.3) is 5.91 Å². The Balaban J connectivity index is 0.00000220. The van der Waals surface area contributed by atoms with Crippen LogP contribution in [0.15, 0.2) is 40.2 Å². The highest BCUT2D eigenvalue weighted by atomic mass is 79.9. The van der Waals surface area contributed by atoms with E-state index in [0.717, 1.165) is 11.8 Å². The molecule has 0 saturated carbocycles. The third kappa shape index (κ3) is 4.15. The fourth-order valence-electron chi connectivity index (χ4n) is 1.58. The van der Waals surface area contributed by atoms with Crippen LogP contribution in [0.25, 0.3) is 0 Å². The Morgan fingerprint density at radius 1 is 1.38 bits per heavy atom. The fraction of sp³-hybridized carbons (Fsp3) is 0.154. The number of thioether (sulfide) groups is 1. The van der Waals surface area contributed by atoms with Crippen molar-refractivity contribution in [3.8, 4) is 0 Å². The molecule has 1 fully saturated rings. The van der Waals surface area contributed by atoms with Gasteiger partial charge in [0, 0.05) is 25.9 Å². The van der Waals surface area contributed by atoms with Gasteiger partial charge in [-0.05, 0) is 36.0 Å². The molecule has 0 aromatic heterocycles. The summed E-state index contributed by atoms with van der Waals surface area (Å²) in [5.74, 6) is -1.10. The summed E-state index contributed by atoms with van der Waals surface area (Å²) in [6, 6.07) is 5.38. The Labute approximate surface area is 136 Å². The van der Waals surface area contributed by atoms with Crippen LogP contribution >= 0.6 is 28.7 Å². The van der Waals surface area contributed by atoms with Gasteiger partial charge in [0.15, 0.2) is 5.17 Å². The third-order valence-electron chi connectivity index (χ3n) is 2.57. The minimum absolute atomic E-state index is 0. The first kappa shape index (κ1) is 17.4. The van der Waals surface area contributed by atoms with Gasteiger partial charge in [0.1, 0.15) is 5.82 Å². The van der Waals surface area contributed by atoms with Crippen LogP contribution in [-0.4, -0.2) is 36.0 Å². The van der Waals surface area contributed by atoms with Crippen molar-refractivity contribution < 1.29 is 14.0 Å². The Kier molecular flexibility index (Phi) is 6.10. The van der Waals surface area contributed by atoms with Gasteiger partial charge >= 0.3 is 0 Å². The van der Waals surface area contributed by atoms with Gasteiger partial charge in [0.2, 0.25) is 5.91 Å². The molecule has 0 aliphatic carbocycles. The average Bonchev–Trinajstić information content (AvgIpc) is 2.69. The molecule has 1 N–H and O–H groups in total. The monoisotopic (exact) mass is 373 g/mol. The normalized spacial score (nSPS) is 18.0. The summed E-state index contributed by atoms with van der Waals surface area (Å²) in [5, 5.41) is 3.10. The quantitative estimate of drug-likeness (QED) is 0.809. The van der Waals surface area contributed by atoms with Gasteiger partial charge < -0.3 is 5.32 Å². The number of amides is 2. The van der Waals surface area contributed by atoms with Crippen molar-refractivity contribution >= 4 is 51.4 Å². The highest BCUT2D eigenvalue weighted by molar-refractivity contribution is 8.93. The van der Waals surface area contributed by atoms with Crippen LogP contribution in [0.5, 0.6) is 0 Å². The highest BCUT2D eigenvalue weighted by Gasteiger charge is 2.30. The van der Waals surface area contributed by atoms with E-state index >= 15 is 0 Å². The molecule has 0 spiro atoms. The summed E-state index contributed by atoms with van der Waals surface area (Å²) < 4.78 is 12.7. The summed E-state index contributed by atoms with van der Waals surface area (Å²) in [4.78, 5) is 29.2. The number of halogens is 2. The van der Waals surface area contributed by atoms with Crippen molar-refractivity contribution in [3.05, 3.63) is 41.1 Å². The topological polar surface area (TPSA) is 61.8 Å². The summed E-state index contributed by atoms with van der Waals surface area (Å²) in [7, 11) is 3.17. The summed E-state index contributed by atoms with van der Waals surface area (Å²) in [6.45, 7) is 0. The Morgan fingerprint density at radius 2 is 2.00 bits per heavy atom. The second-order valence-corrected chi connectivity index (χ2v) is 4.99. The molecule has 0 atom stereocenters. The Morgan fingerprint density at radius 3 is 2.52 bits per heavy atom. The number of anilines is 1. The summed E-state index contributed by atoms with van der Waals surface area (Å²) in [6.07, 6.45) is 1.21. The minimum atomic E-state index is -0.446. The highest BCUT2D eigenvalue weighted by Crippen LogP contribution is 2.29. The molecule has 21 heavy (non-hydrogen) atoms. The smallest absolute Gasteiger partial charge is 0.266 e. The summed E-state index contributed by atoms with van der Waals surface area (Å²) >= 11 is 1.13. The van der Waals surface area contributed by atoms with Crippen LogP contribution < -0.4 is 5.32 Å². The van der Waals surface area contributed by atoms with Gasteiger partial charge in [-0.15, -0.1) is 17.0 Å². The third-order valence-corrected chi connectivity index (χ3v) is 3.72. The number of rotatable bonds is 2. The predicted molar refractivity (Wildman–Crippen MR) is 87.2 cm³/mol. The second kappa shape index (κ2) is 7.37. The maximum atomic E-state index is 12.7. The number of aliphatic imine (C=N–C) groups is 1. The molecule has 8 heteroatoms. The predicted octanol–water partition coefficient (Wildman–Crippen LogP) is 2.42. The van der Waals surface area contributed by atoms with Crippen molar-refractivity contribution in [3.63, 3.8) is 0 Å². The van der Waals surface area contributed by atoms with Gasteiger partial charge in [0.05, 0.1) is 4.91 Å². The molecule has 0 radical (unpaired) electrons. The molecule has 1 saturated heterocycles. The first-order valence-electron chi connectivity index (χ1n) is 5.72. The van der Waals surface area contributed by atoms with Crippen molar-refractivity contribution in [2.45, 2.75) is 0 Å². The lowest BCUT2D eigenvalue weighted by molar-refractivity contribution is -0.121. The van der Waals surface area contributed by atoms with E-state index in [9.17, 15) is 14.0 Å². The molecular formula is C13H13BrFN3O2S. The molecule has 2 rings (SSSR count). The van der Waals surface area contributed by atoms with E-state index < -0.39 is 5.91 Å². The van der Waals surface area contributed by atoms with Crippen molar-refractivity contribution in [2.24, 2.45) is 4.99 Å². The number of hydrogen-bond acceptors (Lipinski definition) is 4. The second-order valence-electron chi connectivity index (χ2n) is 3.98. The molecule has 1 heterocycles. The zero-order chi connectivity index (χ0) is 14.7. The fourth-order valence-corrected chi connectivity index (χ4v) is 2.48. The van der Waals surface area contributed by atoms with Crippen LogP contribution in [0.1, 0.15) is 0 Å². The molecule has 5 nitrogen and oxygen atoms in total. The van der Waals surface area contributed by atoms with Crippen LogP contribution in [-0.2, 0) is 9.59 Å². The maximum Gasteiger partial charge on any atom is 0.266 e. The number of hydrogen-bond donors (Lipinski definition) is 1. The van der Waals surface area contributed by atoms with Crippen LogP contribution in [0.2, 0.25) is 0 Å². The van der Waals surface area contributed by atoms with E-state index in [1.807, 2.05) is 0 Å². The van der Waals surface area contributed by atoms with Gasteiger partial charge in [-0.1, -0.05) is 0 Å². The Hall–Kier alpha value is -1.67. The van der Waals surface area contributed by atoms with Crippen LogP contribution in [0, 0.1) is 5.82 Å². The van der Waals surface area contributed by atoms with Crippen molar-refractivity contribution in [1.29, 1.82) is 0 Å². The van der Waals surface area contributed by atoms with Crippen LogP contribution in [0.3, 0.4) is 0 Å². The zero-order valence-electron chi connectivity index (χ0n) is 11.3. The molecular weight excluding hydrogens is 361 g/mol. The van der Waals surface area contributed by atoms with E-state index in [1.54, 1.807) is 14.1 Å². The molecule has 1 aliphatic heterocycles. The van der Waals surface area contributed by atoms with Crippen molar-refractivity contribution in [1.82, 2.24) is 4.90 Å². The average molecular weight is 374 g/mol. The first-order valence-corrected chi connectivity index (χ1v) is 6.54. The lowest BCUT2D eigenvalue weighted by Crippen LogP contribution is -2.24. The van der Waals surface area contributed by atoms with Gasteiger partial charge in [-0.3, -0.25) is 19.5 Å². The number of carbonyl (C=O) groups excluding carboxylic acids is 2. The van der Waals surface area contributed by atoms with E-state index in [2.05, 4.69) is 10.3 Å².